The van der Waals surface area contributed by atoms with Gasteiger partial charge in [-0.2, -0.15) is 0 Å². The first-order valence-corrected chi connectivity index (χ1v) is 19.4. The lowest BCUT2D eigenvalue weighted by molar-refractivity contribution is -0.203. The summed E-state index contributed by atoms with van der Waals surface area (Å²) >= 11 is 0. The van der Waals surface area contributed by atoms with E-state index in [1.807, 2.05) is 12.1 Å². The normalized spacial score (nSPS) is 40.5. The van der Waals surface area contributed by atoms with Gasteiger partial charge in [0, 0.05) is 25.3 Å². The largest absolute Gasteiger partial charge is 0.393 e. The zero-order valence-electron chi connectivity index (χ0n) is 27.9. The van der Waals surface area contributed by atoms with Crippen LogP contribution in [-0.2, 0) is 10.0 Å². The number of hydrogen-bond donors (Lipinski definition) is 4. The lowest BCUT2D eigenvalue weighted by atomic mass is 9.41. The van der Waals surface area contributed by atoms with E-state index in [4.69, 9.17) is 0 Å². The molecule has 4 aliphatic carbocycles. The molecule has 4 saturated carbocycles. The molecule has 9 heteroatoms. The van der Waals surface area contributed by atoms with Gasteiger partial charge in [0.2, 0.25) is 0 Å². The number of rotatable bonds is 7. The van der Waals surface area contributed by atoms with Gasteiger partial charge in [-0.15, -0.1) is 0 Å². The number of amides is 2. The summed E-state index contributed by atoms with van der Waals surface area (Å²) in [7, 11) is -3.98. The number of sulfonamides is 1. The Hall–Kier alpha value is -1.84. The van der Waals surface area contributed by atoms with Crippen molar-refractivity contribution in [3.63, 3.8) is 0 Å². The number of carbonyl (C=O) groups is 1. The average molecular weight is 644 g/mol. The van der Waals surface area contributed by atoms with Gasteiger partial charge in [-0.25, -0.2) is 17.9 Å². The molecule has 5 fully saturated rings. The van der Waals surface area contributed by atoms with Crippen molar-refractivity contribution in [3.05, 3.63) is 24.3 Å². The molecule has 8 nitrogen and oxygen atoms in total. The van der Waals surface area contributed by atoms with Gasteiger partial charge >= 0.3 is 6.03 Å². The fourth-order valence-electron chi connectivity index (χ4n) is 11.5. The quantitative estimate of drug-likeness (QED) is 0.293. The number of hydrogen-bond acceptors (Lipinski definition) is 6. The van der Waals surface area contributed by atoms with Crippen LogP contribution in [0, 0.1) is 52.3 Å². The molecule has 1 aliphatic heterocycles. The van der Waals surface area contributed by atoms with Crippen LogP contribution in [0.1, 0.15) is 98.3 Å². The summed E-state index contributed by atoms with van der Waals surface area (Å²) in [5.74, 6) is 2.42. The van der Waals surface area contributed by atoms with E-state index in [1.165, 1.54) is 6.42 Å². The van der Waals surface area contributed by atoms with Crippen LogP contribution in [0.2, 0.25) is 0 Å². The number of anilines is 1. The second-order valence-corrected chi connectivity index (χ2v) is 17.6. The van der Waals surface area contributed by atoms with Crippen LogP contribution >= 0.6 is 0 Å². The molecule has 4 N–H and O–H groups in total. The summed E-state index contributed by atoms with van der Waals surface area (Å²) in [4.78, 5) is 15.2. The number of nitrogens with one attached hydrogen (secondary N) is 2. The predicted octanol–water partition coefficient (Wildman–Crippen LogP) is 5.93. The van der Waals surface area contributed by atoms with E-state index < -0.39 is 16.1 Å². The third-order valence-corrected chi connectivity index (χ3v) is 15.2. The Bertz CT molecular complexity index is 1320. The molecule has 0 aromatic heterocycles. The van der Waals surface area contributed by atoms with E-state index in [0.717, 1.165) is 83.0 Å². The number of carbonyl (C=O) groups excluding carboxylic acids is 1. The Morgan fingerprint density at radius 3 is 2.31 bits per heavy atom. The standard InChI is InChI=1S/C36H57N3O5S/c1-5-27-31-21-25(40)15-17-36(31,4)30-16-18-35(3)28(13-14-29(35)32(30)33(27)41)23(2)22-37-34(42)38-45(43,44)26-11-9-24(10-12-26)39-19-7-6-8-20-39/h9-12,23,25,27-33,40-41H,5-8,13-22H2,1-4H3,(H2,37,38,42)/t23-,25-,27-,28-,29+,30+,31?,32?,33-,35?,36-/m1/s1. The average Bonchev–Trinajstić information content (AvgIpc) is 3.38. The zero-order valence-corrected chi connectivity index (χ0v) is 28.7. The Labute approximate surface area is 271 Å². The van der Waals surface area contributed by atoms with Gasteiger partial charge in [-0.3, -0.25) is 0 Å². The Morgan fingerprint density at radius 1 is 0.956 bits per heavy atom. The summed E-state index contributed by atoms with van der Waals surface area (Å²) in [6.07, 6.45) is 11.1. The van der Waals surface area contributed by atoms with E-state index in [-0.39, 0.29) is 45.7 Å². The van der Waals surface area contributed by atoms with Crippen molar-refractivity contribution in [2.45, 2.75) is 115 Å². The van der Waals surface area contributed by atoms with Gasteiger partial charge in [0.25, 0.3) is 10.0 Å². The number of aliphatic hydroxyl groups excluding tert-OH is 2. The third kappa shape index (κ3) is 5.92. The van der Waals surface area contributed by atoms with Crippen LogP contribution in [-0.4, -0.2) is 56.5 Å². The molecule has 3 unspecified atom stereocenters. The molecular weight excluding hydrogens is 586 g/mol. The minimum Gasteiger partial charge on any atom is -0.393 e. The maximum atomic E-state index is 13.0. The number of fused-ring (bicyclic) bond motifs is 5. The van der Waals surface area contributed by atoms with Gasteiger partial charge in [-0.1, -0.05) is 34.1 Å². The lowest BCUT2D eigenvalue weighted by Gasteiger charge is -2.64. The van der Waals surface area contributed by atoms with Crippen LogP contribution in [0.4, 0.5) is 10.5 Å². The number of nitrogens with zero attached hydrogens (tertiary/aromatic N) is 1. The van der Waals surface area contributed by atoms with Crippen molar-refractivity contribution in [3.8, 4) is 0 Å². The van der Waals surface area contributed by atoms with Crippen molar-refractivity contribution in [1.82, 2.24) is 10.0 Å². The van der Waals surface area contributed by atoms with E-state index in [0.29, 0.717) is 30.2 Å². The molecule has 45 heavy (non-hydrogen) atoms. The minimum absolute atomic E-state index is 0.0809. The second-order valence-electron chi connectivity index (χ2n) is 16.0. The summed E-state index contributed by atoms with van der Waals surface area (Å²) in [6.45, 7) is 11.7. The first kappa shape index (κ1) is 33.1. The van der Waals surface area contributed by atoms with Crippen molar-refractivity contribution in [1.29, 1.82) is 0 Å². The SMILES string of the molecule is CC[C@@H]1C2C[C@H](O)CC[C@]2(C)[C@H]2CCC3(C)[C@@H]([C@H](C)CNC(=O)NS(=O)(=O)c4ccc(N5CCCCC5)cc4)CC[C@H]3C2[C@@H]1O. The van der Waals surface area contributed by atoms with E-state index in [2.05, 4.69) is 42.6 Å². The molecule has 6 rings (SSSR count). The zero-order chi connectivity index (χ0) is 32.1. The monoisotopic (exact) mass is 643 g/mol. The van der Waals surface area contributed by atoms with E-state index >= 15 is 0 Å². The molecule has 252 valence electrons. The Morgan fingerprint density at radius 2 is 1.62 bits per heavy atom. The summed E-state index contributed by atoms with van der Waals surface area (Å²) < 4.78 is 28.2. The summed E-state index contributed by atoms with van der Waals surface area (Å²) in [5.41, 5.74) is 1.27. The molecule has 1 aromatic carbocycles. The molecule has 0 radical (unpaired) electrons. The van der Waals surface area contributed by atoms with Crippen LogP contribution in [0.3, 0.4) is 0 Å². The molecule has 0 spiro atoms. The Kier molecular flexibility index (Phi) is 9.29. The topological polar surface area (TPSA) is 119 Å². The van der Waals surface area contributed by atoms with E-state index in [1.54, 1.807) is 12.1 Å². The van der Waals surface area contributed by atoms with Crippen molar-refractivity contribution >= 4 is 21.7 Å². The summed E-state index contributed by atoms with van der Waals surface area (Å²) in [6, 6.07) is 6.14. The van der Waals surface area contributed by atoms with Crippen LogP contribution < -0.4 is 14.9 Å². The third-order valence-electron chi connectivity index (χ3n) is 13.8. The highest BCUT2D eigenvalue weighted by atomic mass is 32.2. The molecule has 5 aliphatic rings. The van der Waals surface area contributed by atoms with Gasteiger partial charge in [0.05, 0.1) is 17.1 Å². The van der Waals surface area contributed by atoms with Crippen molar-refractivity contribution in [2.24, 2.45) is 52.3 Å². The van der Waals surface area contributed by atoms with Crippen molar-refractivity contribution < 1.29 is 23.4 Å². The van der Waals surface area contributed by atoms with Gasteiger partial charge in [0.1, 0.15) is 0 Å². The fraction of sp³-hybridized carbons (Fsp3) is 0.806. The van der Waals surface area contributed by atoms with E-state index in [9.17, 15) is 23.4 Å². The summed E-state index contributed by atoms with van der Waals surface area (Å²) in [5, 5.41) is 25.4. The first-order valence-electron chi connectivity index (χ1n) is 17.9. The first-order chi connectivity index (χ1) is 21.4. The number of aliphatic hydroxyl groups is 2. The number of benzene rings is 1. The van der Waals surface area contributed by atoms with Crippen LogP contribution in [0.5, 0.6) is 0 Å². The highest BCUT2D eigenvalue weighted by Gasteiger charge is 2.64. The van der Waals surface area contributed by atoms with Gasteiger partial charge in [0.15, 0.2) is 0 Å². The smallest absolute Gasteiger partial charge is 0.328 e. The number of urea groups is 1. The number of piperidine rings is 1. The second kappa shape index (κ2) is 12.6. The highest BCUT2D eigenvalue weighted by Crippen LogP contribution is 2.69. The van der Waals surface area contributed by atoms with Crippen molar-refractivity contribution in [2.75, 3.05) is 24.5 Å². The lowest BCUT2D eigenvalue weighted by Crippen LogP contribution is -2.62. The maximum absolute atomic E-state index is 13.0. The highest BCUT2D eigenvalue weighted by molar-refractivity contribution is 7.90. The molecule has 1 heterocycles. The molecule has 1 aromatic rings. The fourth-order valence-corrected chi connectivity index (χ4v) is 12.5. The molecule has 11 atom stereocenters. The Balaban J connectivity index is 1.08. The van der Waals surface area contributed by atoms with Crippen LogP contribution in [0.15, 0.2) is 29.2 Å². The molecule has 1 saturated heterocycles. The molecular formula is C36H57N3O5S. The maximum Gasteiger partial charge on any atom is 0.328 e. The predicted molar refractivity (Wildman–Crippen MR) is 177 cm³/mol. The van der Waals surface area contributed by atoms with Crippen LogP contribution in [0.25, 0.3) is 0 Å². The molecule has 0 bridgehead atoms. The minimum atomic E-state index is -3.98. The van der Waals surface area contributed by atoms with Gasteiger partial charge in [-0.05, 0) is 141 Å². The van der Waals surface area contributed by atoms with Gasteiger partial charge < -0.3 is 20.4 Å². The molecule has 2 amide bonds.